The third-order valence-corrected chi connectivity index (χ3v) is 3.30. The van der Waals surface area contributed by atoms with E-state index in [2.05, 4.69) is 27.6 Å². The lowest BCUT2D eigenvalue weighted by Crippen LogP contribution is -2.25. The highest BCUT2D eigenvalue weighted by atomic mass is 127. The lowest BCUT2D eigenvalue weighted by Gasteiger charge is -2.11. The second-order valence-electron chi connectivity index (χ2n) is 3.79. The average molecular weight is 329 g/mol. The molecule has 84 valence electrons. The van der Waals surface area contributed by atoms with Gasteiger partial charge in [-0.2, -0.15) is 0 Å². The Morgan fingerprint density at radius 1 is 1.56 bits per heavy atom. The molecular formula is C11H12IN3O. The summed E-state index contributed by atoms with van der Waals surface area (Å²) in [4.78, 5) is 17.3. The number of likely N-dealkylation sites (N-methyl/N-ethyl adjacent to an activating group) is 1. The lowest BCUT2D eigenvalue weighted by atomic mass is 10.3. The molecule has 2 heterocycles. The summed E-state index contributed by atoms with van der Waals surface area (Å²) in [6.07, 6.45) is 5.54. The first-order valence-corrected chi connectivity index (χ1v) is 5.96. The molecule has 0 atom stereocenters. The molecular weight excluding hydrogens is 317 g/mol. The molecule has 2 aromatic rings. The van der Waals surface area contributed by atoms with Crippen LogP contribution in [0.25, 0.3) is 10.9 Å². The molecule has 2 rings (SSSR count). The molecule has 5 heteroatoms. The van der Waals surface area contributed by atoms with Gasteiger partial charge in [0.05, 0.1) is 11.7 Å². The first-order chi connectivity index (χ1) is 7.59. The Labute approximate surface area is 107 Å². The van der Waals surface area contributed by atoms with Crippen molar-refractivity contribution in [3.8, 4) is 0 Å². The van der Waals surface area contributed by atoms with Crippen LogP contribution in [0.15, 0.2) is 24.7 Å². The number of carbonyl (C=O) groups is 1. The van der Waals surface area contributed by atoms with Gasteiger partial charge in [-0.25, -0.2) is 0 Å². The van der Waals surface area contributed by atoms with Crippen molar-refractivity contribution in [3.63, 3.8) is 0 Å². The minimum absolute atomic E-state index is 0.0807. The van der Waals surface area contributed by atoms with Crippen LogP contribution in [0.2, 0.25) is 0 Å². The summed E-state index contributed by atoms with van der Waals surface area (Å²) >= 11 is 2.27. The number of pyridine rings is 1. The number of rotatable bonds is 2. The SMILES string of the molecule is CN(C)C(=O)Cn1cc(I)c2ccncc21. The highest BCUT2D eigenvalue weighted by Crippen LogP contribution is 2.21. The maximum atomic E-state index is 11.6. The molecule has 4 nitrogen and oxygen atoms in total. The van der Waals surface area contributed by atoms with Gasteiger partial charge >= 0.3 is 0 Å². The van der Waals surface area contributed by atoms with Gasteiger partial charge in [0.1, 0.15) is 6.54 Å². The number of hydrogen-bond donors (Lipinski definition) is 0. The zero-order chi connectivity index (χ0) is 11.7. The predicted octanol–water partition coefficient (Wildman–Crippen LogP) is 1.73. The van der Waals surface area contributed by atoms with E-state index in [4.69, 9.17) is 0 Å². The minimum Gasteiger partial charge on any atom is -0.347 e. The maximum absolute atomic E-state index is 11.6. The summed E-state index contributed by atoms with van der Waals surface area (Å²) in [6, 6.07) is 1.97. The van der Waals surface area contributed by atoms with Crippen molar-refractivity contribution in [2.75, 3.05) is 14.1 Å². The van der Waals surface area contributed by atoms with Gasteiger partial charge in [-0.05, 0) is 28.7 Å². The van der Waals surface area contributed by atoms with E-state index in [9.17, 15) is 4.79 Å². The summed E-state index contributed by atoms with van der Waals surface area (Å²) < 4.78 is 3.08. The van der Waals surface area contributed by atoms with E-state index in [-0.39, 0.29) is 5.91 Å². The highest BCUT2D eigenvalue weighted by molar-refractivity contribution is 14.1. The van der Waals surface area contributed by atoms with Gasteiger partial charge in [-0.3, -0.25) is 9.78 Å². The van der Waals surface area contributed by atoms with Crippen LogP contribution >= 0.6 is 22.6 Å². The number of hydrogen-bond acceptors (Lipinski definition) is 2. The number of nitrogens with zero attached hydrogens (tertiary/aromatic N) is 3. The zero-order valence-electron chi connectivity index (χ0n) is 9.14. The van der Waals surface area contributed by atoms with Gasteiger partial charge in [0.15, 0.2) is 0 Å². The van der Waals surface area contributed by atoms with Crippen LogP contribution in [-0.4, -0.2) is 34.5 Å². The van der Waals surface area contributed by atoms with E-state index in [1.165, 1.54) is 0 Å². The third kappa shape index (κ3) is 2.04. The summed E-state index contributed by atoms with van der Waals surface area (Å²) in [5, 5.41) is 1.14. The minimum atomic E-state index is 0.0807. The molecule has 0 aliphatic carbocycles. The summed E-state index contributed by atoms with van der Waals surface area (Å²) in [7, 11) is 3.52. The van der Waals surface area contributed by atoms with Gasteiger partial charge in [0.25, 0.3) is 0 Å². The van der Waals surface area contributed by atoms with Gasteiger partial charge in [-0.15, -0.1) is 0 Å². The number of amides is 1. The molecule has 0 radical (unpaired) electrons. The van der Waals surface area contributed by atoms with Crippen LogP contribution in [-0.2, 0) is 11.3 Å². The molecule has 0 aliphatic rings. The number of carbonyl (C=O) groups excluding carboxylic acids is 1. The second-order valence-corrected chi connectivity index (χ2v) is 4.95. The lowest BCUT2D eigenvalue weighted by molar-refractivity contribution is -0.129. The first kappa shape index (κ1) is 11.4. The number of fused-ring (bicyclic) bond motifs is 1. The van der Waals surface area contributed by atoms with E-state index in [1.807, 2.05) is 16.8 Å². The van der Waals surface area contributed by atoms with Crippen molar-refractivity contribution in [2.24, 2.45) is 0 Å². The Balaban J connectivity index is 2.42. The Bertz CT molecular complexity index is 533. The average Bonchev–Trinajstić information content (AvgIpc) is 2.57. The van der Waals surface area contributed by atoms with Crippen molar-refractivity contribution < 1.29 is 4.79 Å². The monoisotopic (exact) mass is 329 g/mol. The molecule has 0 fully saturated rings. The van der Waals surface area contributed by atoms with Crippen molar-refractivity contribution in [1.29, 1.82) is 0 Å². The molecule has 0 bridgehead atoms. The van der Waals surface area contributed by atoms with Crippen LogP contribution in [0.3, 0.4) is 0 Å². The summed E-state index contributed by atoms with van der Waals surface area (Å²) in [6.45, 7) is 0.359. The Kier molecular flexibility index (Phi) is 3.13. The molecule has 0 spiro atoms. The quantitative estimate of drug-likeness (QED) is 0.787. The van der Waals surface area contributed by atoms with E-state index >= 15 is 0 Å². The molecule has 0 aromatic carbocycles. The second kappa shape index (κ2) is 4.40. The molecule has 0 saturated heterocycles. The number of aromatic nitrogens is 2. The predicted molar refractivity (Wildman–Crippen MR) is 71.1 cm³/mol. The van der Waals surface area contributed by atoms with E-state index in [0.717, 1.165) is 14.5 Å². The van der Waals surface area contributed by atoms with E-state index < -0.39 is 0 Å². The van der Waals surface area contributed by atoms with Gasteiger partial charge in [-0.1, -0.05) is 0 Å². The molecule has 16 heavy (non-hydrogen) atoms. The van der Waals surface area contributed by atoms with Crippen LogP contribution in [0.1, 0.15) is 0 Å². The van der Waals surface area contributed by atoms with Crippen molar-refractivity contribution in [1.82, 2.24) is 14.5 Å². The fraction of sp³-hybridized carbons (Fsp3) is 0.273. The molecule has 0 unspecified atom stereocenters. The fourth-order valence-corrected chi connectivity index (χ4v) is 2.30. The van der Waals surface area contributed by atoms with Crippen LogP contribution in [0.4, 0.5) is 0 Å². The van der Waals surface area contributed by atoms with Crippen molar-refractivity contribution >= 4 is 39.4 Å². The standard InChI is InChI=1S/C11H12IN3O/c1-14(2)11(16)7-15-6-9(12)8-3-4-13-5-10(8)15/h3-6H,7H2,1-2H3. The zero-order valence-corrected chi connectivity index (χ0v) is 11.3. The first-order valence-electron chi connectivity index (χ1n) is 4.88. The molecule has 0 aliphatic heterocycles. The Morgan fingerprint density at radius 2 is 2.31 bits per heavy atom. The molecule has 1 amide bonds. The van der Waals surface area contributed by atoms with Crippen molar-refractivity contribution in [3.05, 3.63) is 28.2 Å². The smallest absolute Gasteiger partial charge is 0.241 e. The summed E-state index contributed by atoms with van der Waals surface area (Å²) in [5.74, 6) is 0.0807. The fourth-order valence-electron chi connectivity index (χ4n) is 1.51. The van der Waals surface area contributed by atoms with Crippen molar-refractivity contribution in [2.45, 2.75) is 6.54 Å². The van der Waals surface area contributed by atoms with Gasteiger partial charge in [0.2, 0.25) is 5.91 Å². The normalized spacial score (nSPS) is 10.7. The summed E-state index contributed by atoms with van der Waals surface area (Å²) in [5.41, 5.74) is 1.00. The third-order valence-electron chi connectivity index (χ3n) is 2.44. The topological polar surface area (TPSA) is 38.1 Å². The van der Waals surface area contributed by atoms with Crippen LogP contribution in [0.5, 0.6) is 0 Å². The largest absolute Gasteiger partial charge is 0.347 e. The maximum Gasteiger partial charge on any atom is 0.241 e. The highest BCUT2D eigenvalue weighted by Gasteiger charge is 2.10. The van der Waals surface area contributed by atoms with Gasteiger partial charge in [0, 0.05) is 35.4 Å². The van der Waals surface area contributed by atoms with E-state index in [0.29, 0.717) is 6.54 Å². The van der Waals surface area contributed by atoms with Crippen LogP contribution < -0.4 is 0 Å². The number of halogens is 1. The molecule has 0 saturated carbocycles. The Hall–Kier alpha value is -1.11. The van der Waals surface area contributed by atoms with E-state index in [1.54, 1.807) is 31.4 Å². The molecule has 2 aromatic heterocycles. The Morgan fingerprint density at radius 3 is 3.00 bits per heavy atom. The van der Waals surface area contributed by atoms with Crippen LogP contribution in [0, 0.1) is 3.57 Å². The van der Waals surface area contributed by atoms with Gasteiger partial charge < -0.3 is 9.47 Å². The molecule has 0 N–H and O–H groups in total.